The maximum absolute atomic E-state index is 12.1. The first-order valence-electron chi connectivity index (χ1n) is 7.27. The van der Waals surface area contributed by atoms with E-state index in [0.29, 0.717) is 13.1 Å². The van der Waals surface area contributed by atoms with Crippen molar-refractivity contribution < 1.29 is 24.6 Å². The maximum atomic E-state index is 12.1. The highest BCUT2D eigenvalue weighted by Gasteiger charge is 2.31. The first-order chi connectivity index (χ1) is 9.77. The van der Waals surface area contributed by atoms with Gasteiger partial charge in [-0.2, -0.15) is 0 Å². The maximum Gasteiger partial charge on any atom is 0.326 e. The monoisotopic (exact) mass is 300 g/mol. The van der Waals surface area contributed by atoms with E-state index in [0.717, 1.165) is 19.3 Å². The van der Waals surface area contributed by atoms with Crippen molar-refractivity contribution in [2.45, 2.75) is 52.0 Å². The summed E-state index contributed by atoms with van der Waals surface area (Å²) in [6.07, 6.45) is 2.44. The van der Waals surface area contributed by atoms with Crippen LogP contribution < -0.4 is 5.32 Å². The second-order valence-electron chi connectivity index (χ2n) is 5.92. The van der Waals surface area contributed by atoms with Gasteiger partial charge in [0.15, 0.2) is 0 Å². The fourth-order valence-electron chi connectivity index (χ4n) is 2.37. The molecule has 7 heteroatoms. The number of aliphatic carboxylic acids is 2. The summed E-state index contributed by atoms with van der Waals surface area (Å²) in [6.45, 7) is 5.51. The van der Waals surface area contributed by atoms with Gasteiger partial charge in [0, 0.05) is 19.5 Å². The van der Waals surface area contributed by atoms with Crippen LogP contribution in [0.1, 0.15) is 46.0 Å². The highest BCUT2D eigenvalue weighted by molar-refractivity contribution is 5.83. The standard InChI is InChI=1S/C14H24N2O5/c1-3-14(2)6-8-16(9-7-14)13(21)15-10(12(19)20)4-5-11(17)18/h10H,3-9H2,1-2H3,(H,15,21)(H,17,18)(H,19,20). The zero-order valence-corrected chi connectivity index (χ0v) is 12.6. The summed E-state index contributed by atoms with van der Waals surface area (Å²) in [4.78, 5) is 35.2. The van der Waals surface area contributed by atoms with Gasteiger partial charge in [0.2, 0.25) is 0 Å². The molecule has 7 nitrogen and oxygen atoms in total. The number of urea groups is 1. The number of carbonyl (C=O) groups is 3. The van der Waals surface area contributed by atoms with E-state index in [2.05, 4.69) is 19.2 Å². The van der Waals surface area contributed by atoms with Crippen LogP contribution in [0.5, 0.6) is 0 Å². The van der Waals surface area contributed by atoms with Gasteiger partial charge in [0.25, 0.3) is 0 Å². The van der Waals surface area contributed by atoms with E-state index < -0.39 is 24.0 Å². The largest absolute Gasteiger partial charge is 0.481 e. The molecule has 21 heavy (non-hydrogen) atoms. The van der Waals surface area contributed by atoms with Gasteiger partial charge in [-0.25, -0.2) is 9.59 Å². The normalized spacial score (nSPS) is 18.9. The van der Waals surface area contributed by atoms with Crippen molar-refractivity contribution >= 4 is 18.0 Å². The van der Waals surface area contributed by atoms with Gasteiger partial charge in [-0.1, -0.05) is 20.3 Å². The van der Waals surface area contributed by atoms with Crippen LogP contribution in [0.4, 0.5) is 4.79 Å². The molecule has 0 spiro atoms. The van der Waals surface area contributed by atoms with Crippen molar-refractivity contribution in [3.05, 3.63) is 0 Å². The molecular weight excluding hydrogens is 276 g/mol. The van der Waals surface area contributed by atoms with Crippen LogP contribution in [-0.2, 0) is 9.59 Å². The van der Waals surface area contributed by atoms with Crippen molar-refractivity contribution in [2.24, 2.45) is 5.41 Å². The van der Waals surface area contributed by atoms with E-state index in [-0.39, 0.29) is 18.3 Å². The molecule has 1 heterocycles. The molecule has 3 N–H and O–H groups in total. The van der Waals surface area contributed by atoms with E-state index in [1.54, 1.807) is 4.90 Å². The van der Waals surface area contributed by atoms with Gasteiger partial charge in [-0.05, 0) is 24.7 Å². The topological polar surface area (TPSA) is 107 Å². The first-order valence-corrected chi connectivity index (χ1v) is 7.27. The van der Waals surface area contributed by atoms with Crippen LogP contribution in [0.3, 0.4) is 0 Å². The van der Waals surface area contributed by atoms with Gasteiger partial charge in [-0.3, -0.25) is 4.79 Å². The Kier molecular flexibility index (Phi) is 5.99. The number of nitrogens with zero attached hydrogens (tertiary/aromatic N) is 1. The van der Waals surface area contributed by atoms with Crippen molar-refractivity contribution in [2.75, 3.05) is 13.1 Å². The van der Waals surface area contributed by atoms with Gasteiger partial charge in [-0.15, -0.1) is 0 Å². The van der Waals surface area contributed by atoms with Gasteiger partial charge < -0.3 is 20.4 Å². The second kappa shape index (κ2) is 7.28. The molecule has 0 aromatic heterocycles. The quantitative estimate of drug-likeness (QED) is 0.689. The Bertz CT molecular complexity index is 402. The number of rotatable bonds is 6. The predicted molar refractivity (Wildman–Crippen MR) is 76.0 cm³/mol. The summed E-state index contributed by atoms with van der Waals surface area (Å²) in [6, 6.07) is -1.58. The molecule has 0 saturated carbocycles. The lowest BCUT2D eigenvalue weighted by atomic mass is 9.78. The zero-order chi connectivity index (χ0) is 16.0. The number of carboxylic acids is 2. The number of hydrogen-bond donors (Lipinski definition) is 3. The molecule has 0 aromatic rings. The average Bonchev–Trinajstić information content (AvgIpc) is 2.43. The fraction of sp³-hybridized carbons (Fsp3) is 0.786. The number of likely N-dealkylation sites (tertiary alicyclic amines) is 1. The molecule has 1 aliphatic heterocycles. The smallest absolute Gasteiger partial charge is 0.326 e. The summed E-state index contributed by atoms with van der Waals surface area (Å²) in [7, 11) is 0. The first kappa shape index (κ1) is 17.3. The van der Waals surface area contributed by atoms with Gasteiger partial charge in [0.05, 0.1) is 0 Å². The lowest BCUT2D eigenvalue weighted by molar-refractivity contribution is -0.140. The third-order valence-corrected chi connectivity index (χ3v) is 4.35. The summed E-state index contributed by atoms with van der Waals surface area (Å²) < 4.78 is 0. The lowest BCUT2D eigenvalue weighted by Crippen LogP contribution is -2.51. The molecule has 1 rings (SSSR count). The van der Waals surface area contributed by atoms with Crippen LogP contribution in [-0.4, -0.2) is 52.2 Å². The van der Waals surface area contributed by atoms with Crippen LogP contribution in [0, 0.1) is 5.41 Å². The number of carboxylic acid groups (broad SMARTS) is 2. The lowest BCUT2D eigenvalue weighted by Gasteiger charge is -2.39. The Balaban J connectivity index is 2.51. The zero-order valence-electron chi connectivity index (χ0n) is 12.6. The molecule has 1 atom stereocenters. The third-order valence-electron chi connectivity index (χ3n) is 4.35. The number of carbonyl (C=O) groups excluding carboxylic acids is 1. The summed E-state index contributed by atoms with van der Waals surface area (Å²) >= 11 is 0. The minimum Gasteiger partial charge on any atom is -0.481 e. The molecule has 0 radical (unpaired) electrons. The number of piperidine rings is 1. The van der Waals surface area contributed by atoms with E-state index >= 15 is 0 Å². The predicted octanol–water partition coefficient (Wildman–Crippen LogP) is 1.53. The molecule has 1 unspecified atom stereocenters. The van der Waals surface area contributed by atoms with Crippen molar-refractivity contribution in [3.63, 3.8) is 0 Å². The summed E-state index contributed by atoms with van der Waals surface area (Å²) in [5, 5.41) is 20.0. The highest BCUT2D eigenvalue weighted by atomic mass is 16.4. The molecule has 2 amide bonds. The minimum atomic E-state index is -1.21. The van der Waals surface area contributed by atoms with E-state index in [1.165, 1.54) is 0 Å². The summed E-state index contributed by atoms with van der Waals surface area (Å²) in [5.74, 6) is -2.29. The average molecular weight is 300 g/mol. The highest BCUT2D eigenvalue weighted by Crippen LogP contribution is 2.33. The molecule has 120 valence electrons. The molecule has 1 saturated heterocycles. The molecule has 1 aliphatic rings. The Hall–Kier alpha value is -1.79. The fourth-order valence-corrected chi connectivity index (χ4v) is 2.37. The van der Waals surface area contributed by atoms with Crippen molar-refractivity contribution in [1.29, 1.82) is 0 Å². The van der Waals surface area contributed by atoms with Gasteiger partial charge in [0.1, 0.15) is 6.04 Å². The Morgan fingerprint density at radius 3 is 2.24 bits per heavy atom. The molecule has 0 bridgehead atoms. The number of amides is 2. The Morgan fingerprint density at radius 2 is 1.81 bits per heavy atom. The molecule has 1 fully saturated rings. The van der Waals surface area contributed by atoms with Crippen LogP contribution in [0.2, 0.25) is 0 Å². The van der Waals surface area contributed by atoms with Crippen molar-refractivity contribution in [1.82, 2.24) is 10.2 Å². The van der Waals surface area contributed by atoms with E-state index in [9.17, 15) is 14.4 Å². The number of hydrogen-bond acceptors (Lipinski definition) is 3. The SMILES string of the molecule is CCC1(C)CCN(C(=O)NC(CCC(=O)O)C(=O)O)CC1. The van der Waals surface area contributed by atoms with E-state index in [4.69, 9.17) is 10.2 Å². The molecule has 0 aromatic carbocycles. The second-order valence-corrected chi connectivity index (χ2v) is 5.92. The summed E-state index contributed by atoms with van der Waals surface area (Å²) in [5.41, 5.74) is 0.242. The third kappa shape index (κ3) is 5.24. The van der Waals surface area contributed by atoms with Crippen LogP contribution in [0.15, 0.2) is 0 Å². The molecular formula is C14H24N2O5. The number of nitrogens with one attached hydrogen (secondary N) is 1. The Labute approximate surface area is 124 Å². The van der Waals surface area contributed by atoms with Crippen LogP contribution >= 0.6 is 0 Å². The van der Waals surface area contributed by atoms with Crippen LogP contribution in [0.25, 0.3) is 0 Å². The Morgan fingerprint density at radius 1 is 1.24 bits per heavy atom. The van der Waals surface area contributed by atoms with Gasteiger partial charge >= 0.3 is 18.0 Å². The van der Waals surface area contributed by atoms with Crippen molar-refractivity contribution in [3.8, 4) is 0 Å². The molecule has 0 aliphatic carbocycles. The van der Waals surface area contributed by atoms with E-state index in [1.807, 2.05) is 0 Å². The minimum absolute atomic E-state index is 0.114.